The summed E-state index contributed by atoms with van der Waals surface area (Å²) in [6.07, 6.45) is 3.64. The Labute approximate surface area is 164 Å². The quantitative estimate of drug-likeness (QED) is 0.446. The van der Waals surface area contributed by atoms with E-state index >= 15 is 0 Å². The van der Waals surface area contributed by atoms with E-state index in [1.54, 1.807) is 6.20 Å². The molecule has 0 saturated carbocycles. The van der Waals surface area contributed by atoms with Crippen LogP contribution >= 0.6 is 0 Å². The van der Waals surface area contributed by atoms with Gasteiger partial charge in [-0.3, -0.25) is 0 Å². The van der Waals surface area contributed by atoms with Gasteiger partial charge in [-0.2, -0.15) is 0 Å². The van der Waals surface area contributed by atoms with Crippen LogP contribution in [0.25, 0.3) is 22.1 Å². The summed E-state index contributed by atoms with van der Waals surface area (Å²) in [5.74, 6) is 1.01. The zero-order valence-electron chi connectivity index (χ0n) is 16.9. The van der Waals surface area contributed by atoms with Crippen molar-refractivity contribution >= 4 is 39.3 Å². The lowest BCUT2D eigenvalue weighted by atomic mass is 10.0. The normalized spacial score (nSPS) is 15.8. The van der Waals surface area contributed by atoms with Gasteiger partial charge in [-0.25, -0.2) is 9.97 Å². The minimum absolute atomic E-state index is 0.295. The minimum atomic E-state index is -0.295. The third-order valence-corrected chi connectivity index (χ3v) is 5.71. The molecule has 5 rings (SSSR count). The Morgan fingerprint density at radius 2 is 1.71 bits per heavy atom. The van der Waals surface area contributed by atoms with E-state index in [-0.39, 0.29) is 5.66 Å². The van der Waals surface area contributed by atoms with Crippen LogP contribution in [0.1, 0.15) is 33.3 Å². The van der Waals surface area contributed by atoms with Crippen molar-refractivity contribution in [1.29, 1.82) is 0 Å². The minimum Gasteiger partial charge on any atom is -0.435 e. The lowest BCUT2D eigenvalue weighted by Gasteiger charge is -2.42. The Hall–Kier alpha value is -3.08. The summed E-state index contributed by atoms with van der Waals surface area (Å²) in [5, 5.41) is 2.14. The molecular weight excluding hydrogens is 348 g/mol. The largest absolute Gasteiger partial charge is 0.435 e. The number of hydrogen-bond acceptors (Lipinski definition) is 5. The maximum Gasteiger partial charge on any atom is 0.227 e. The van der Waals surface area contributed by atoms with Crippen molar-refractivity contribution in [3.8, 4) is 0 Å². The van der Waals surface area contributed by atoms with Crippen LogP contribution in [0.5, 0.6) is 0 Å². The number of nitrogens with zero attached hydrogens (tertiary/aromatic N) is 4. The first-order valence-corrected chi connectivity index (χ1v) is 9.72. The molecule has 0 N–H and O–H groups in total. The second kappa shape index (κ2) is 5.71. The van der Waals surface area contributed by atoms with Crippen molar-refractivity contribution < 1.29 is 4.42 Å². The summed E-state index contributed by atoms with van der Waals surface area (Å²) < 4.78 is 6.29. The molecule has 3 aromatic heterocycles. The molecule has 142 valence electrons. The molecule has 1 aliphatic heterocycles. The average molecular weight is 372 g/mol. The fraction of sp³-hybridized carbons (Fsp3) is 0.304. The van der Waals surface area contributed by atoms with Gasteiger partial charge in [0.05, 0.1) is 11.4 Å². The molecule has 0 unspecified atom stereocenters. The first-order valence-electron chi connectivity index (χ1n) is 9.72. The van der Waals surface area contributed by atoms with Crippen molar-refractivity contribution in [2.75, 3.05) is 9.80 Å². The molecule has 0 saturated heterocycles. The Kier molecular flexibility index (Phi) is 3.48. The second-order valence-electron chi connectivity index (χ2n) is 8.21. The number of hydrogen-bond donors (Lipinski definition) is 0. The Morgan fingerprint density at radius 1 is 0.964 bits per heavy atom. The molecule has 5 nitrogen and oxygen atoms in total. The zero-order chi connectivity index (χ0) is 19.6. The molecular formula is C23H24N4O. The highest BCUT2D eigenvalue weighted by atomic mass is 16.3. The van der Waals surface area contributed by atoms with Crippen LogP contribution in [-0.4, -0.2) is 21.7 Å². The van der Waals surface area contributed by atoms with E-state index in [2.05, 4.69) is 73.7 Å². The smallest absolute Gasteiger partial charge is 0.227 e. The summed E-state index contributed by atoms with van der Waals surface area (Å²) in [7, 11) is 0. The molecule has 28 heavy (non-hydrogen) atoms. The molecule has 0 radical (unpaired) electrons. The monoisotopic (exact) mass is 372 g/mol. The third-order valence-electron chi connectivity index (χ3n) is 5.71. The van der Waals surface area contributed by atoms with E-state index in [1.807, 2.05) is 18.3 Å². The highest BCUT2D eigenvalue weighted by molar-refractivity contribution is 6.10. The number of aromatic nitrogens is 2. The van der Waals surface area contributed by atoms with Crippen LogP contribution in [0.4, 0.5) is 17.2 Å². The fourth-order valence-electron chi connectivity index (χ4n) is 4.72. The molecule has 0 fully saturated rings. The van der Waals surface area contributed by atoms with Crippen LogP contribution in [0.3, 0.4) is 0 Å². The third kappa shape index (κ3) is 2.13. The molecule has 4 heterocycles. The maximum absolute atomic E-state index is 6.29. The molecule has 0 bridgehead atoms. The SMILES string of the molecule is Cc1ccc2c(oc3ncccc32)c1N1c2cccnc2N(C(C)C)C1(C)C. The van der Waals surface area contributed by atoms with Crippen LogP contribution in [0, 0.1) is 6.92 Å². The Morgan fingerprint density at radius 3 is 2.50 bits per heavy atom. The van der Waals surface area contributed by atoms with Gasteiger partial charge in [0.25, 0.3) is 0 Å². The highest BCUT2D eigenvalue weighted by Crippen LogP contribution is 2.52. The number of furan rings is 1. The van der Waals surface area contributed by atoms with E-state index < -0.39 is 0 Å². The summed E-state index contributed by atoms with van der Waals surface area (Å²) in [5.41, 5.74) is 4.61. The van der Waals surface area contributed by atoms with Crippen molar-refractivity contribution in [1.82, 2.24) is 9.97 Å². The van der Waals surface area contributed by atoms with Gasteiger partial charge < -0.3 is 14.2 Å². The van der Waals surface area contributed by atoms with Gasteiger partial charge in [-0.15, -0.1) is 0 Å². The van der Waals surface area contributed by atoms with Gasteiger partial charge >= 0.3 is 0 Å². The van der Waals surface area contributed by atoms with E-state index in [9.17, 15) is 0 Å². The molecule has 0 aliphatic carbocycles. The van der Waals surface area contributed by atoms with Gasteiger partial charge in [0, 0.05) is 29.2 Å². The second-order valence-corrected chi connectivity index (χ2v) is 8.21. The first kappa shape index (κ1) is 17.0. The lowest BCUT2D eigenvalue weighted by Crippen LogP contribution is -2.53. The van der Waals surface area contributed by atoms with Crippen molar-refractivity contribution in [2.24, 2.45) is 0 Å². The van der Waals surface area contributed by atoms with Gasteiger partial charge in [0.2, 0.25) is 5.71 Å². The van der Waals surface area contributed by atoms with Gasteiger partial charge in [0.15, 0.2) is 11.4 Å². The molecule has 0 amide bonds. The van der Waals surface area contributed by atoms with Crippen LogP contribution < -0.4 is 9.80 Å². The van der Waals surface area contributed by atoms with Gasteiger partial charge in [-0.1, -0.05) is 12.1 Å². The number of anilines is 3. The number of benzene rings is 1. The fourth-order valence-corrected chi connectivity index (χ4v) is 4.72. The molecule has 1 aliphatic rings. The highest BCUT2D eigenvalue weighted by Gasteiger charge is 2.46. The Bertz CT molecular complexity index is 1210. The summed E-state index contributed by atoms with van der Waals surface area (Å²) in [6.45, 7) is 11.0. The van der Waals surface area contributed by atoms with Gasteiger partial charge in [0.1, 0.15) is 5.66 Å². The predicted octanol–water partition coefficient (Wildman–Crippen LogP) is 5.79. The number of rotatable bonds is 2. The zero-order valence-corrected chi connectivity index (χ0v) is 16.9. The van der Waals surface area contributed by atoms with Crippen molar-refractivity contribution in [3.63, 3.8) is 0 Å². The lowest BCUT2D eigenvalue weighted by molar-refractivity contribution is 0.454. The van der Waals surface area contributed by atoms with E-state index in [4.69, 9.17) is 9.40 Å². The average Bonchev–Trinajstić information content (AvgIpc) is 3.13. The van der Waals surface area contributed by atoms with Crippen LogP contribution in [-0.2, 0) is 0 Å². The number of fused-ring (bicyclic) bond motifs is 4. The van der Waals surface area contributed by atoms with Crippen molar-refractivity contribution in [3.05, 3.63) is 54.4 Å². The number of aryl methyl sites for hydroxylation is 1. The molecule has 1 aromatic carbocycles. The van der Waals surface area contributed by atoms with E-state index in [0.29, 0.717) is 11.8 Å². The molecule has 5 heteroatoms. The first-order chi connectivity index (χ1) is 13.4. The standard InChI is InChI=1S/C23H24N4O/c1-14(2)26-21-18(9-7-12-24-21)27(23(26,4)5)19-15(3)10-11-16-17-8-6-13-25-22(17)28-20(16)19/h6-14H,1-5H3. The van der Waals surface area contributed by atoms with Crippen LogP contribution in [0.15, 0.2) is 53.2 Å². The summed E-state index contributed by atoms with van der Waals surface area (Å²) in [6, 6.07) is 12.8. The number of pyridine rings is 2. The van der Waals surface area contributed by atoms with Gasteiger partial charge in [-0.05, 0) is 64.4 Å². The summed E-state index contributed by atoms with van der Waals surface area (Å²) in [4.78, 5) is 13.9. The Balaban J connectivity index is 1.86. The van der Waals surface area contributed by atoms with E-state index in [1.165, 1.54) is 5.56 Å². The topological polar surface area (TPSA) is 45.4 Å². The van der Waals surface area contributed by atoms with Crippen LogP contribution in [0.2, 0.25) is 0 Å². The maximum atomic E-state index is 6.29. The molecule has 0 atom stereocenters. The van der Waals surface area contributed by atoms with E-state index in [0.717, 1.165) is 33.5 Å². The summed E-state index contributed by atoms with van der Waals surface area (Å²) >= 11 is 0. The predicted molar refractivity (Wildman–Crippen MR) is 114 cm³/mol. The van der Waals surface area contributed by atoms with Crippen molar-refractivity contribution in [2.45, 2.75) is 46.3 Å². The molecule has 4 aromatic rings. The molecule has 0 spiro atoms.